The van der Waals surface area contributed by atoms with Gasteiger partial charge in [0.25, 0.3) is 0 Å². The number of halogens is 2. The number of methoxy groups -OCH3 is 2. The van der Waals surface area contributed by atoms with E-state index in [0.29, 0.717) is 46.1 Å². The molecule has 0 unspecified atom stereocenters. The Kier molecular flexibility index (Phi) is 7.34. The minimum atomic E-state index is -3.22. The van der Waals surface area contributed by atoms with Crippen LogP contribution in [0.2, 0.25) is 10.0 Å². The van der Waals surface area contributed by atoms with E-state index >= 15 is 0 Å². The zero-order valence-electron chi connectivity index (χ0n) is 18.9. The first-order valence-corrected chi connectivity index (χ1v) is 13.1. The van der Waals surface area contributed by atoms with Crippen molar-refractivity contribution < 1.29 is 17.9 Å². The highest BCUT2D eigenvalue weighted by Gasteiger charge is 2.25. The lowest BCUT2D eigenvalue weighted by Crippen LogP contribution is -2.36. The summed E-state index contributed by atoms with van der Waals surface area (Å²) in [7, 11) is -0.149. The second-order valence-corrected chi connectivity index (χ2v) is 10.6. The quantitative estimate of drug-likeness (QED) is 0.410. The zero-order valence-corrected chi connectivity index (χ0v) is 21.2. The number of benzene rings is 2. The number of sulfonamides is 1. The fourth-order valence-electron chi connectivity index (χ4n) is 3.92. The highest BCUT2D eigenvalue weighted by molar-refractivity contribution is 7.88. The number of anilines is 1. The lowest BCUT2D eigenvalue weighted by molar-refractivity contribution is 0.395. The Morgan fingerprint density at radius 1 is 1.15 bits per heavy atom. The Hall–Kier alpha value is -2.37. The van der Waals surface area contributed by atoms with Crippen LogP contribution >= 0.6 is 23.2 Å². The average molecular weight is 526 g/mol. The average Bonchev–Trinajstić information content (AvgIpc) is 3.25. The van der Waals surface area contributed by atoms with Crippen LogP contribution in [0.3, 0.4) is 0 Å². The van der Waals surface area contributed by atoms with Crippen LogP contribution in [0.15, 0.2) is 30.5 Å². The van der Waals surface area contributed by atoms with Crippen molar-refractivity contribution in [3.63, 3.8) is 0 Å². The molecule has 182 valence electrons. The van der Waals surface area contributed by atoms with Crippen LogP contribution in [0, 0.1) is 0 Å². The van der Waals surface area contributed by atoms with Gasteiger partial charge in [-0.05, 0) is 24.1 Å². The van der Waals surface area contributed by atoms with Gasteiger partial charge >= 0.3 is 0 Å². The number of rotatable bonds is 8. The molecule has 34 heavy (non-hydrogen) atoms. The summed E-state index contributed by atoms with van der Waals surface area (Å²) >= 11 is 13.1. The zero-order chi connectivity index (χ0) is 24.5. The highest BCUT2D eigenvalue weighted by Crippen LogP contribution is 2.46. The van der Waals surface area contributed by atoms with Crippen LogP contribution in [-0.2, 0) is 10.0 Å². The van der Waals surface area contributed by atoms with E-state index in [1.165, 1.54) is 14.2 Å². The fraction of sp³-hybridized carbons (Fsp3) is 0.364. The van der Waals surface area contributed by atoms with E-state index in [-0.39, 0.29) is 12.1 Å². The molecular weight excluding hydrogens is 501 g/mol. The Morgan fingerprint density at radius 2 is 1.85 bits per heavy atom. The largest absolute Gasteiger partial charge is 0.495 e. The molecule has 0 aliphatic carbocycles. The SMILES string of the molecule is COc1cc(OC)c(Cl)c(-c2ccc3nc(N[C@@H]4CN[C@H](CNS(C)(=O)=O)C4)ncc3c2)c1Cl. The molecule has 1 aromatic heterocycles. The maximum atomic E-state index is 11.3. The number of nitrogens with one attached hydrogen (secondary N) is 3. The summed E-state index contributed by atoms with van der Waals surface area (Å²) in [6, 6.07) is 7.46. The molecule has 0 saturated carbocycles. The number of fused-ring (bicyclic) bond motifs is 1. The van der Waals surface area contributed by atoms with Gasteiger partial charge in [0.15, 0.2) is 0 Å². The maximum absolute atomic E-state index is 11.3. The number of nitrogens with zero attached hydrogens (tertiary/aromatic N) is 2. The summed E-state index contributed by atoms with van der Waals surface area (Å²) in [4.78, 5) is 9.07. The molecule has 1 fully saturated rings. The molecule has 2 aromatic carbocycles. The van der Waals surface area contributed by atoms with Gasteiger partial charge in [-0.2, -0.15) is 0 Å². The van der Waals surface area contributed by atoms with Gasteiger partial charge in [-0.3, -0.25) is 0 Å². The third-order valence-corrected chi connectivity index (χ3v) is 7.03. The predicted octanol–water partition coefficient (Wildman–Crippen LogP) is 3.31. The van der Waals surface area contributed by atoms with Gasteiger partial charge in [-0.25, -0.2) is 23.1 Å². The first-order chi connectivity index (χ1) is 16.2. The van der Waals surface area contributed by atoms with E-state index < -0.39 is 10.0 Å². The Morgan fingerprint density at radius 3 is 2.50 bits per heavy atom. The van der Waals surface area contributed by atoms with E-state index in [4.69, 9.17) is 32.7 Å². The Labute approximate surface area is 208 Å². The van der Waals surface area contributed by atoms with E-state index in [0.717, 1.165) is 29.1 Å². The molecule has 4 rings (SSSR count). The second-order valence-electron chi connectivity index (χ2n) is 8.05. The van der Waals surface area contributed by atoms with Crippen molar-refractivity contribution in [2.45, 2.75) is 18.5 Å². The summed E-state index contributed by atoms with van der Waals surface area (Å²) in [5, 5.41) is 8.21. The van der Waals surface area contributed by atoms with Crippen molar-refractivity contribution in [3.05, 3.63) is 40.5 Å². The first kappa shape index (κ1) is 24.7. The molecule has 12 heteroatoms. The van der Waals surface area contributed by atoms with E-state index in [9.17, 15) is 8.42 Å². The van der Waals surface area contributed by atoms with E-state index in [1.807, 2.05) is 18.2 Å². The van der Waals surface area contributed by atoms with E-state index in [1.54, 1.807) is 12.3 Å². The van der Waals surface area contributed by atoms with Crippen LogP contribution in [-0.4, -0.2) is 64.0 Å². The summed E-state index contributed by atoms with van der Waals surface area (Å²) < 4.78 is 35.9. The highest BCUT2D eigenvalue weighted by atomic mass is 35.5. The smallest absolute Gasteiger partial charge is 0.223 e. The lowest BCUT2D eigenvalue weighted by Gasteiger charge is -2.15. The minimum absolute atomic E-state index is 0.0459. The molecule has 1 aliphatic rings. The predicted molar refractivity (Wildman–Crippen MR) is 135 cm³/mol. The minimum Gasteiger partial charge on any atom is -0.495 e. The third kappa shape index (κ3) is 5.47. The van der Waals surface area contributed by atoms with Crippen molar-refractivity contribution in [1.82, 2.24) is 20.0 Å². The summed E-state index contributed by atoms with van der Waals surface area (Å²) in [5.74, 6) is 1.43. The Balaban J connectivity index is 1.54. The third-order valence-electron chi connectivity index (χ3n) is 5.59. The molecule has 0 amide bonds. The van der Waals surface area contributed by atoms with Crippen LogP contribution in [0.1, 0.15) is 6.42 Å². The molecule has 9 nitrogen and oxygen atoms in total. The molecule has 2 heterocycles. The van der Waals surface area contributed by atoms with Crippen LogP contribution in [0.5, 0.6) is 11.5 Å². The van der Waals surface area contributed by atoms with Gasteiger partial charge < -0.3 is 20.1 Å². The van der Waals surface area contributed by atoms with Gasteiger partial charge in [0.2, 0.25) is 16.0 Å². The molecule has 3 aromatic rings. The number of ether oxygens (including phenoxy) is 2. The molecule has 2 atom stereocenters. The van der Waals surface area contributed by atoms with Crippen LogP contribution in [0.4, 0.5) is 5.95 Å². The number of aromatic nitrogens is 2. The summed E-state index contributed by atoms with van der Waals surface area (Å²) in [5.41, 5.74) is 2.14. The topological polar surface area (TPSA) is 114 Å². The number of hydrogen-bond acceptors (Lipinski definition) is 8. The first-order valence-electron chi connectivity index (χ1n) is 10.5. The van der Waals surface area contributed by atoms with Crippen molar-refractivity contribution in [2.75, 3.05) is 38.9 Å². The Bertz CT molecular complexity index is 1290. The molecule has 1 saturated heterocycles. The maximum Gasteiger partial charge on any atom is 0.223 e. The van der Waals surface area contributed by atoms with Gasteiger partial charge in [-0.1, -0.05) is 29.3 Å². The second kappa shape index (κ2) is 10.1. The molecule has 0 radical (unpaired) electrons. The van der Waals surface area contributed by atoms with Gasteiger partial charge in [-0.15, -0.1) is 0 Å². The molecule has 1 aliphatic heterocycles. The molecule has 0 bridgehead atoms. The van der Waals surface area contributed by atoms with Crippen molar-refractivity contribution in [1.29, 1.82) is 0 Å². The van der Waals surface area contributed by atoms with Crippen LogP contribution in [0.25, 0.3) is 22.0 Å². The van der Waals surface area contributed by atoms with Crippen molar-refractivity contribution in [2.24, 2.45) is 0 Å². The number of hydrogen-bond donors (Lipinski definition) is 3. The van der Waals surface area contributed by atoms with Crippen molar-refractivity contribution in [3.8, 4) is 22.6 Å². The molecule has 3 N–H and O–H groups in total. The molecular formula is C22H25Cl2N5O4S. The molecule has 0 spiro atoms. The summed E-state index contributed by atoms with van der Waals surface area (Å²) in [6.45, 7) is 1.03. The van der Waals surface area contributed by atoms with Crippen LogP contribution < -0.4 is 24.8 Å². The fourth-order valence-corrected chi connectivity index (χ4v) is 5.14. The van der Waals surface area contributed by atoms with E-state index in [2.05, 4.69) is 25.3 Å². The van der Waals surface area contributed by atoms with Gasteiger partial charge in [0.1, 0.15) is 11.5 Å². The standard InChI is InChI=1S/C22H25Cl2N5O4S/c1-32-17-8-18(33-2)21(24)19(20(17)23)12-4-5-16-13(6-12)9-26-22(29-16)28-15-7-14(25-10-15)11-27-34(3,30)31/h4-6,8-9,14-15,25,27H,7,10-11H2,1-3H3,(H,26,28,29)/t14-,15-/m0/s1. The monoisotopic (exact) mass is 525 g/mol. The normalized spacial score (nSPS) is 18.3. The van der Waals surface area contributed by atoms with Gasteiger partial charge in [0, 0.05) is 48.4 Å². The summed E-state index contributed by atoms with van der Waals surface area (Å²) in [6.07, 6.45) is 3.63. The lowest BCUT2D eigenvalue weighted by atomic mass is 10.0. The van der Waals surface area contributed by atoms with Crippen molar-refractivity contribution >= 4 is 50.1 Å². The van der Waals surface area contributed by atoms with Gasteiger partial charge in [0.05, 0.1) is 36.0 Å².